The number of halogens is 1. The summed E-state index contributed by atoms with van der Waals surface area (Å²) in [6.07, 6.45) is 0.152. The van der Waals surface area contributed by atoms with Gasteiger partial charge in [-0.05, 0) is 24.6 Å². The van der Waals surface area contributed by atoms with Gasteiger partial charge in [-0.15, -0.1) is 0 Å². The Morgan fingerprint density at radius 2 is 2.22 bits per heavy atom. The molecular formula is C13H17BrO4. The first-order valence-electron chi connectivity index (χ1n) is 5.69. The molecule has 0 aromatic heterocycles. The van der Waals surface area contributed by atoms with Crippen molar-refractivity contribution in [2.24, 2.45) is 0 Å². The average Bonchev–Trinajstić information content (AvgIpc) is 2.36. The van der Waals surface area contributed by atoms with Gasteiger partial charge in [0.15, 0.2) is 5.60 Å². The predicted octanol–water partition coefficient (Wildman–Crippen LogP) is 2.24. The van der Waals surface area contributed by atoms with Gasteiger partial charge in [-0.25, -0.2) is 4.79 Å². The molecule has 0 radical (unpaired) electrons. The number of methoxy groups -OCH3 is 1. The topological polar surface area (TPSA) is 55.8 Å². The fraction of sp³-hybridized carbons (Fsp3) is 0.462. The molecule has 100 valence electrons. The average molecular weight is 317 g/mol. The van der Waals surface area contributed by atoms with E-state index < -0.39 is 11.6 Å². The van der Waals surface area contributed by atoms with Crippen molar-refractivity contribution in [3.8, 4) is 0 Å². The minimum absolute atomic E-state index is 0.152. The molecule has 1 rings (SSSR count). The molecule has 1 aromatic rings. The molecule has 18 heavy (non-hydrogen) atoms. The molecule has 4 nitrogen and oxygen atoms in total. The van der Waals surface area contributed by atoms with E-state index in [0.29, 0.717) is 5.56 Å². The van der Waals surface area contributed by atoms with Crippen LogP contribution in [0.5, 0.6) is 0 Å². The zero-order valence-electron chi connectivity index (χ0n) is 10.5. The fourth-order valence-electron chi connectivity index (χ4n) is 1.61. The summed E-state index contributed by atoms with van der Waals surface area (Å²) in [6, 6.07) is 6.98. The first kappa shape index (κ1) is 15.1. The van der Waals surface area contributed by atoms with Crippen LogP contribution in [-0.4, -0.2) is 31.4 Å². The van der Waals surface area contributed by atoms with E-state index in [2.05, 4.69) is 15.9 Å². The molecule has 0 spiro atoms. The van der Waals surface area contributed by atoms with Crippen molar-refractivity contribution in [3.05, 3.63) is 34.3 Å². The van der Waals surface area contributed by atoms with Gasteiger partial charge in [-0.2, -0.15) is 0 Å². The highest BCUT2D eigenvalue weighted by Gasteiger charge is 2.39. The van der Waals surface area contributed by atoms with Crippen LogP contribution in [0.4, 0.5) is 0 Å². The Morgan fingerprint density at radius 3 is 2.78 bits per heavy atom. The van der Waals surface area contributed by atoms with Gasteiger partial charge in [0, 0.05) is 24.6 Å². The molecule has 0 aliphatic heterocycles. The molecule has 1 atom stereocenters. The second-order valence-corrected chi connectivity index (χ2v) is 4.75. The van der Waals surface area contributed by atoms with Crippen molar-refractivity contribution in [3.63, 3.8) is 0 Å². The lowest BCUT2D eigenvalue weighted by molar-refractivity contribution is -0.168. The van der Waals surface area contributed by atoms with Crippen molar-refractivity contribution >= 4 is 21.9 Å². The van der Waals surface area contributed by atoms with Crippen molar-refractivity contribution in [1.29, 1.82) is 0 Å². The lowest BCUT2D eigenvalue weighted by atomic mass is 9.91. The van der Waals surface area contributed by atoms with Gasteiger partial charge in [0.05, 0.1) is 6.61 Å². The summed E-state index contributed by atoms with van der Waals surface area (Å²) in [5.41, 5.74) is -1.18. The summed E-state index contributed by atoms with van der Waals surface area (Å²) >= 11 is 3.32. The molecule has 0 fully saturated rings. The second kappa shape index (κ2) is 6.87. The maximum Gasteiger partial charge on any atom is 0.342 e. The Bertz CT molecular complexity index is 408. The first-order valence-corrected chi connectivity index (χ1v) is 6.48. The summed E-state index contributed by atoms with van der Waals surface area (Å²) < 4.78 is 10.7. The maximum absolute atomic E-state index is 11.9. The van der Waals surface area contributed by atoms with Crippen LogP contribution in [-0.2, 0) is 19.9 Å². The van der Waals surface area contributed by atoms with Gasteiger partial charge in [0.2, 0.25) is 0 Å². The lowest BCUT2D eigenvalue weighted by Crippen LogP contribution is -2.38. The second-order valence-electron chi connectivity index (χ2n) is 3.83. The first-order chi connectivity index (χ1) is 8.54. The number of hydrogen-bond acceptors (Lipinski definition) is 4. The minimum Gasteiger partial charge on any atom is -0.464 e. The van der Waals surface area contributed by atoms with E-state index in [1.165, 1.54) is 7.11 Å². The Hall–Kier alpha value is -0.910. The maximum atomic E-state index is 11.9. The van der Waals surface area contributed by atoms with Gasteiger partial charge < -0.3 is 14.6 Å². The predicted molar refractivity (Wildman–Crippen MR) is 71.2 cm³/mol. The quantitative estimate of drug-likeness (QED) is 0.818. The summed E-state index contributed by atoms with van der Waals surface area (Å²) in [7, 11) is 1.52. The number of aliphatic hydroxyl groups is 1. The molecule has 0 unspecified atom stereocenters. The lowest BCUT2D eigenvalue weighted by Gasteiger charge is -2.26. The van der Waals surface area contributed by atoms with Crippen LogP contribution >= 0.6 is 15.9 Å². The molecule has 0 aliphatic rings. The molecule has 1 N–H and O–H groups in total. The van der Waals surface area contributed by atoms with E-state index in [0.717, 1.165) is 4.47 Å². The number of rotatable bonds is 6. The third kappa shape index (κ3) is 3.54. The van der Waals surface area contributed by atoms with Crippen LogP contribution in [0, 0.1) is 0 Å². The zero-order chi connectivity index (χ0) is 13.6. The van der Waals surface area contributed by atoms with E-state index in [1.54, 1.807) is 25.1 Å². The number of carbonyl (C=O) groups excluding carboxylic acids is 1. The fourth-order valence-corrected chi connectivity index (χ4v) is 2.01. The van der Waals surface area contributed by atoms with Crippen LogP contribution < -0.4 is 0 Å². The van der Waals surface area contributed by atoms with Crippen molar-refractivity contribution < 1.29 is 19.4 Å². The molecule has 0 saturated carbocycles. The van der Waals surface area contributed by atoms with E-state index in [9.17, 15) is 9.90 Å². The summed E-state index contributed by atoms with van der Waals surface area (Å²) in [5.74, 6) is -0.653. The third-order valence-electron chi connectivity index (χ3n) is 2.58. The molecule has 1 aromatic carbocycles. The Kier molecular flexibility index (Phi) is 5.78. The molecule has 0 heterocycles. The highest BCUT2D eigenvalue weighted by molar-refractivity contribution is 9.10. The molecule has 0 aliphatic carbocycles. The van der Waals surface area contributed by atoms with E-state index in [-0.39, 0.29) is 19.6 Å². The summed E-state index contributed by atoms with van der Waals surface area (Å²) in [6.45, 7) is 2.19. The molecular weight excluding hydrogens is 300 g/mol. The molecule has 5 heteroatoms. The zero-order valence-corrected chi connectivity index (χ0v) is 12.1. The highest BCUT2D eigenvalue weighted by Crippen LogP contribution is 2.29. The number of esters is 1. The number of benzene rings is 1. The Morgan fingerprint density at radius 1 is 1.50 bits per heavy atom. The highest BCUT2D eigenvalue weighted by atomic mass is 79.9. The minimum atomic E-state index is -1.67. The normalized spacial score (nSPS) is 14.0. The van der Waals surface area contributed by atoms with Gasteiger partial charge in [-0.3, -0.25) is 0 Å². The van der Waals surface area contributed by atoms with Crippen molar-refractivity contribution in [1.82, 2.24) is 0 Å². The van der Waals surface area contributed by atoms with Gasteiger partial charge in [0.1, 0.15) is 0 Å². The van der Waals surface area contributed by atoms with Gasteiger partial charge >= 0.3 is 5.97 Å². The number of hydrogen-bond donors (Lipinski definition) is 1. The van der Waals surface area contributed by atoms with E-state index in [4.69, 9.17) is 9.47 Å². The van der Waals surface area contributed by atoms with E-state index in [1.807, 2.05) is 6.07 Å². The molecule has 0 bridgehead atoms. The SMILES string of the molecule is CCOC(=O)[C@](O)(CCOC)c1cccc(Br)c1. The third-order valence-corrected chi connectivity index (χ3v) is 3.08. The Labute approximate surface area is 115 Å². The van der Waals surface area contributed by atoms with Crippen LogP contribution in [0.2, 0.25) is 0 Å². The summed E-state index contributed by atoms with van der Waals surface area (Å²) in [4.78, 5) is 11.9. The standard InChI is InChI=1S/C13H17BrO4/c1-3-18-12(15)13(16,7-8-17-2)10-5-4-6-11(14)9-10/h4-6,9,16H,3,7-8H2,1-2H3/t13-/m0/s1. The smallest absolute Gasteiger partial charge is 0.342 e. The largest absolute Gasteiger partial charge is 0.464 e. The summed E-state index contributed by atoms with van der Waals surface area (Å²) in [5, 5.41) is 10.6. The van der Waals surface area contributed by atoms with Crippen molar-refractivity contribution in [2.45, 2.75) is 18.9 Å². The monoisotopic (exact) mass is 316 g/mol. The van der Waals surface area contributed by atoms with Gasteiger partial charge in [-0.1, -0.05) is 28.1 Å². The van der Waals surface area contributed by atoms with Crippen LogP contribution in [0.25, 0.3) is 0 Å². The van der Waals surface area contributed by atoms with Crippen LogP contribution in [0.1, 0.15) is 18.9 Å². The van der Waals surface area contributed by atoms with E-state index >= 15 is 0 Å². The van der Waals surface area contributed by atoms with Crippen LogP contribution in [0.3, 0.4) is 0 Å². The molecule has 0 saturated heterocycles. The Balaban J connectivity index is 3.06. The van der Waals surface area contributed by atoms with Gasteiger partial charge in [0.25, 0.3) is 0 Å². The number of ether oxygens (including phenoxy) is 2. The van der Waals surface area contributed by atoms with Crippen LogP contribution in [0.15, 0.2) is 28.7 Å². The van der Waals surface area contributed by atoms with Crippen molar-refractivity contribution in [2.75, 3.05) is 20.3 Å². The molecule has 0 amide bonds. The number of carbonyl (C=O) groups is 1.